The van der Waals surface area contributed by atoms with E-state index in [4.69, 9.17) is 9.47 Å². The van der Waals surface area contributed by atoms with E-state index in [9.17, 15) is 19.8 Å². The standard InChI is InChI=1S/C36H53N5O6Si/c1-5-46-30-13-14-32-27(22-30)23-31(37-18-6-7-20-42)36(44)41(32)29-11-8-26(9-12-29)10-15-33-25(2)35(48(3,4)45)34(47-33)16-19-40-24-28(17-21-43)38-39-40/h8-9,11-14,22,24-25,31,33-35,37,42-43,45H,5-7,10,15-21,23H2,1-4H3/t25-,31?,33+,34-,35+/m1/s1. The summed E-state index contributed by atoms with van der Waals surface area (Å²) in [6, 6.07) is 13.8. The first-order valence-electron chi connectivity index (χ1n) is 17.5. The Morgan fingerprint density at radius 3 is 2.54 bits per heavy atom. The number of hydrogen-bond acceptors (Lipinski definition) is 9. The molecule has 1 saturated heterocycles. The highest BCUT2D eigenvalue weighted by Crippen LogP contribution is 2.45. The summed E-state index contributed by atoms with van der Waals surface area (Å²) in [6.45, 7) is 10.3. The fourth-order valence-corrected chi connectivity index (χ4v) is 10.1. The predicted octanol–water partition coefficient (Wildman–Crippen LogP) is 4.16. The van der Waals surface area contributed by atoms with Crippen LogP contribution < -0.4 is 15.0 Å². The van der Waals surface area contributed by atoms with Gasteiger partial charge in [0.25, 0.3) is 0 Å². The second kappa shape index (κ2) is 16.5. The Morgan fingerprint density at radius 2 is 1.83 bits per heavy atom. The van der Waals surface area contributed by atoms with Gasteiger partial charge in [0.05, 0.1) is 36.2 Å². The number of aliphatic hydroxyl groups is 2. The van der Waals surface area contributed by atoms with Crippen molar-refractivity contribution in [2.75, 3.05) is 31.3 Å². The van der Waals surface area contributed by atoms with E-state index in [1.54, 1.807) is 4.68 Å². The van der Waals surface area contributed by atoms with Gasteiger partial charge in [-0.05, 0) is 112 Å². The monoisotopic (exact) mass is 679 g/mol. The van der Waals surface area contributed by atoms with Crippen molar-refractivity contribution in [2.24, 2.45) is 5.92 Å². The van der Waals surface area contributed by atoms with Crippen LogP contribution in [0.15, 0.2) is 48.7 Å². The van der Waals surface area contributed by atoms with Gasteiger partial charge in [-0.1, -0.05) is 24.3 Å². The Hall–Kier alpha value is -3.13. The smallest absolute Gasteiger partial charge is 0.249 e. The van der Waals surface area contributed by atoms with E-state index in [0.717, 1.165) is 54.1 Å². The van der Waals surface area contributed by atoms with Crippen LogP contribution in [-0.4, -0.2) is 88.8 Å². The van der Waals surface area contributed by atoms with Gasteiger partial charge in [0.15, 0.2) is 8.32 Å². The second-order valence-electron chi connectivity index (χ2n) is 13.7. The summed E-state index contributed by atoms with van der Waals surface area (Å²) in [5, 5.41) is 30.1. The molecule has 1 fully saturated rings. The molecule has 12 heteroatoms. The molecule has 0 radical (unpaired) electrons. The lowest BCUT2D eigenvalue weighted by Gasteiger charge is -2.35. The number of hydrogen-bond donors (Lipinski definition) is 4. The molecule has 2 aliphatic rings. The molecule has 1 unspecified atom stereocenters. The lowest BCUT2D eigenvalue weighted by Crippen LogP contribution is -2.49. The molecule has 262 valence electrons. The third-order valence-corrected chi connectivity index (χ3v) is 12.3. The summed E-state index contributed by atoms with van der Waals surface area (Å²) in [7, 11) is -2.50. The zero-order valence-electron chi connectivity index (χ0n) is 28.8. The maximum Gasteiger partial charge on any atom is 0.249 e. The Morgan fingerprint density at radius 1 is 1.04 bits per heavy atom. The van der Waals surface area contributed by atoms with Crippen molar-refractivity contribution in [2.45, 2.75) is 102 Å². The minimum Gasteiger partial charge on any atom is -0.494 e. The average molecular weight is 680 g/mol. The second-order valence-corrected chi connectivity index (χ2v) is 17.7. The van der Waals surface area contributed by atoms with Gasteiger partial charge in [-0.25, -0.2) is 0 Å². The van der Waals surface area contributed by atoms with E-state index >= 15 is 0 Å². The van der Waals surface area contributed by atoms with E-state index in [0.29, 0.717) is 39.0 Å². The molecule has 4 N–H and O–H groups in total. The number of benzene rings is 2. The van der Waals surface area contributed by atoms with Crippen LogP contribution in [-0.2, 0) is 35.3 Å². The number of carbonyl (C=O) groups excluding carboxylic acids is 1. The van der Waals surface area contributed by atoms with Gasteiger partial charge in [-0.2, -0.15) is 0 Å². The molecule has 0 saturated carbocycles. The fourth-order valence-electron chi connectivity index (χ4n) is 7.46. The first-order chi connectivity index (χ1) is 23.1. The zero-order chi connectivity index (χ0) is 34.3. The molecule has 0 spiro atoms. The number of unbranched alkanes of at least 4 members (excludes halogenated alkanes) is 1. The maximum absolute atomic E-state index is 13.8. The van der Waals surface area contributed by atoms with E-state index < -0.39 is 8.32 Å². The average Bonchev–Trinajstić information content (AvgIpc) is 3.65. The first kappa shape index (κ1) is 36.2. The fraction of sp³-hybridized carbons (Fsp3) is 0.583. The highest BCUT2D eigenvalue weighted by Gasteiger charge is 2.49. The third kappa shape index (κ3) is 8.71. The summed E-state index contributed by atoms with van der Waals surface area (Å²) in [5.41, 5.74) is 4.82. The molecular formula is C36H53N5O6Si. The molecule has 1 amide bonds. The molecule has 5 rings (SSSR count). The number of aliphatic hydroxyl groups excluding tert-OH is 2. The van der Waals surface area contributed by atoms with Gasteiger partial charge in [0.2, 0.25) is 5.91 Å². The Balaban J connectivity index is 1.25. The summed E-state index contributed by atoms with van der Waals surface area (Å²) in [4.78, 5) is 26.9. The first-order valence-corrected chi connectivity index (χ1v) is 20.6. The van der Waals surface area contributed by atoms with Crippen molar-refractivity contribution in [3.05, 3.63) is 65.5 Å². The number of anilines is 2. The number of carbonyl (C=O) groups is 1. The normalized spacial score (nSPS) is 22.7. The molecule has 2 aromatic carbocycles. The number of rotatable bonds is 17. The molecule has 2 aliphatic heterocycles. The SMILES string of the molecule is CCOc1ccc2c(c1)CC(NCCCCO)C(=O)N2c1ccc(CC[C@@H]2O[C@H](CCn3cc(CCO)nn3)[C@@H]([Si](C)(C)O)[C@@H]2C)cc1. The van der Waals surface area contributed by atoms with Crippen LogP contribution in [0.1, 0.15) is 56.4 Å². The minimum absolute atomic E-state index is 0.0139. The van der Waals surface area contributed by atoms with Crippen LogP contribution in [0.5, 0.6) is 5.75 Å². The van der Waals surface area contributed by atoms with Crippen molar-refractivity contribution >= 4 is 25.6 Å². The number of amides is 1. The van der Waals surface area contributed by atoms with E-state index in [-0.39, 0.29) is 48.8 Å². The zero-order valence-corrected chi connectivity index (χ0v) is 29.8. The summed E-state index contributed by atoms with van der Waals surface area (Å²) >= 11 is 0. The summed E-state index contributed by atoms with van der Waals surface area (Å²) < 4.78 is 14.2. The van der Waals surface area contributed by atoms with E-state index in [1.165, 1.54) is 5.56 Å². The number of aryl methyl sites for hydroxylation is 2. The van der Waals surface area contributed by atoms with Gasteiger partial charge < -0.3 is 29.8 Å². The van der Waals surface area contributed by atoms with Crippen LogP contribution in [0.25, 0.3) is 0 Å². The van der Waals surface area contributed by atoms with Crippen LogP contribution in [0, 0.1) is 5.92 Å². The van der Waals surface area contributed by atoms with Gasteiger partial charge in [-0.3, -0.25) is 14.4 Å². The van der Waals surface area contributed by atoms with Gasteiger partial charge in [0, 0.05) is 43.6 Å². The molecule has 0 bridgehead atoms. The van der Waals surface area contributed by atoms with Crippen LogP contribution in [0.2, 0.25) is 18.6 Å². The van der Waals surface area contributed by atoms with Gasteiger partial charge in [0.1, 0.15) is 5.75 Å². The van der Waals surface area contributed by atoms with Crippen LogP contribution in [0.3, 0.4) is 0 Å². The highest BCUT2D eigenvalue weighted by molar-refractivity contribution is 6.71. The molecule has 3 aromatic rings. The number of nitrogens with zero attached hydrogens (tertiary/aromatic N) is 4. The summed E-state index contributed by atoms with van der Waals surface area (Å²) in [6.07, 6.45) is 6.84. The number of ether oxygens (including phenoxy) is 2. The number of nitrogens with one attached hydrogen (secondary N) is 1. The molecule has 1 aromatic heterocycles. The van der Waals surface area contributed by atoms with Crippen molar-refractivity contribution in [1.29, 1.82) is 0 Å². The van der Waals surface area contributed by atoms with Crippen LogP contribution in [0.4, 0.5) is 11.4 Å². The predicted molar refractivity (Wildman–Crippen MR) is 188 cm³/mol. The Bertz CT molecular complexity index is 1480. The van der Waals surface area contributed by atoms with Crippen LogP contribution >= 0.6 is 0 Å². The van der Waals surface area contributed by atoms with Gasteiger partial charge in [-0.15, -0.1) is 5.10 Å². The molecule has 5 atom stereocenters. The molecule has 0 aliphatic carbocycles. The highest BCUT2D eigenvalue weighted by atomic mass is 28.4. The number of fused-ring (bicyclic) bond motifs is 1. The molecular weight excluding hydrogens is 627 g/mol. The lowest BCUT2D eigenvalue weighted by atomic mass is 9.94. The Labute approximate surface area is 285 Å². The number of aromatic nitrogens is 3. The topological polar surface area (TPSA) is 142 Å². The largest absolute Gasteiger partial charge is 0.494 e. The van der Waals surface area contributed by atoms with Crippen molar-refractivity contribution in [1.82, 2.24) is 20.3 Å². The maximum atomic E-state index is 13.8. The minimum atomic E-state index is -2.50. The van der Waals surface area contributed by atoms with Gasteiger partial charge >= 0.3 is 0 Å². The quantitative estimate of drug-likeness (QED) is 0.122. The Kier molecular flexibility index (Phi) is 12.4. The summed E-state index contributed by atoms with van der Waals surface area (Å²) in [5.74, 6) is 1.04. The lowest BCUT2D eigenvalue weighted by molar-refractivity contribution is -0.120. The van der Waals surface area contributed by atoms with Crippen molar-refractivity contribution in [3.63, 3.8) is 0 Å². The third-order valence-electron chi connectivity index (χ3n) is 9.75. The van der Waals surface area contributed by atoms with E-state index in [1.807, 2.05) is 61.4 Å². The molecule has 48 heavy (non-hydrogen) atoms. The van der Waals surface area contributed by atoms with E-state index in [2.05, 4.69) is 34.7 Å². The van der Waals surface area contributed by atoms with Crippen molar-refractivity contribution in [3.8, 4) is 5.75 Å². The molecule has 3 heterocycles. The van der Waals surface area contributed by atoms with Crippen molar-refractivity contribution < 1.29 is 29.3 Å². The molecule has 11 nitrogen and oxygen atoms in total.